The lowest BCUT2D eigenvalue weighted by molar-refractivity contribution is -0.192. The molecule has 0 radical (unpaired) electrons. The van der Waals surface area contributed by atoms with Crippen LogP contribution in [-0.2, 0) is 16.8 Å². The number of carboxylic acids is 1. The van der Waals surface area contributed by atoms with Crippen LogP contribution in [0.3, 0.4) is 0 Å². The third-order valence-corrected chi connectivity index (χ3v) is 4.71. The lowest BCUT2D eigenvalue weighted by Gasteiger charge is -2.38. The number of hydrogen-bond acceptors (Lipinski definition) is 4. The third kappa shape index (κ3) is 6.69. The Kier molecular flexibility index (Phi) is 7.65. The van der Waals surface area contributed by atoms with E-state index in [4.69, 9.17) is 14.3 Å². The van der Waals surface area contributed by atoms with Gasteiger partial charge in [0, 0.05) is 19.5 Å². The zero-order valence-corrected chi connectivity index (χ0v) is 15.4. The molecule has 1 aromatic heterocycles. The van der Waals surface area contributed by atoms with Crippen LogP contribution in [0.25, 0.3) is 0 Å². The fourth-order valence-electron chi connectivity index (χ4n) is 3.12. The first kappa shape index (κ1) is 22.0. The highest BCUT2D eigenvalue weighted by Crippen LogP contribution is 2.32. The van der Waals surface area contributed by atoms with Crippen LogP contribution >= 0.6 is 0 Å². The zero-order valence-electron chi connectivity index (χ0n) is 15.4. The number of alkyl halides is 3. The van der Waals surface area contributed by atoms with E-state index in [1.165, 1.54) is 0 Å². The molecule has 5 nitrogen and oxygen atoms in total. The molecule has 1 fully saturated rings. The Morgan fingerprint density at radius 2 is 1.71 bits per heavy atom. The highest BCUT2D eigenvalue weighted by atomic mass is 19.4. The molecule has 0 amide bonds. The molecule has 0 bridgehead atoms. The number of benzene rings is 1. The van der Waals surface area contributed by atoms with Crippen molar-refractivity contribution in [3.8, 4) is 0 Å². The second-order valence-corrected chi connectivity index (χ2v) is 6.73. The zero-order chi connectivity index (χ0) is 20.6. The van der Waals surface area contributed by atoms with Gasteiger partial charge in [0.2, 0.25) is 0 Å². The minimum Gasteiger partial charge on any atom is -0.475 e. The van der Waals surface area contributed by atoms with Crippen LogP contribution in [0.5, 0.6) is 0 Å². The van der Waals surface area contributed by atoms with Crippen molar-refractivity contribution in [3.63, 3.8) is 0 Å². The van der Waals surface area contributed by atoms with E-state index in [9.17, 15) is 18.3 Å². The van der Waals surface area contributed by atoms with Crippen molar-refractivity contribution in [2.75, 3.05) is 19.6 Å². The van der Waals surface area contributed by atoms with Crippen LogP contribution in [0, 0.1) is 0 Å². The Morgan fingerprint density at radius 3 is 2.21 bits per heavy atom. The van der Waals surface area contributed by atoms with E-state index in [0.717, 1.165) is 56.6 Å². The van der Waals surface area contributed by atoms with Gasteiger partial charge in [0.25, 0.3) is 0 Å². The number of rotatable bonds is 5. The molecule has 1 saturated heterocycles. The molecule has 28 heavy (non-hydrogen) atoms. The second-order valence-electron chi connectivity index (χ2n) is 6.73. The third-order valence-electron chi connectivity index (χ3n) is 4.71. The molecule has 154 valence electrons. The fourth-order valence-corrected chi connectivity index (χ4v) is 3.12. The number of hydrogen-bond donors (Lipinski definition) is 2. The summed E-state index contributed by atoms with van der Waals surface area (Å²) in [5, 5.41) is 17.9. The molecular formula is C20H24F3NO4. The summed E-state index contributed by atoms with van der Waals surface area (Å²) in [6.07, 6.45) is 0.384. The van der Waals surface area contributed by atoms with E-state index >= 15 is 0 Å². The Morgan fingerprint density at radius 1 is 1.11 bits per heavy atom. The summed E-state index contributed by atoms with van der Waals surface area (Å²) in [6, 6.07) is 14.0. The molecule has 8 heteroatoms. The smallest absolute Gasteiger partial charge is 0.475 e. The van der Waals surface area contributed by atoms with Crippen molar-refractivity contribution < 1.29 is 32.6 Å². The number of aryl methyl sites for hydroxylation is 1. The van der Waals surface area contributed by atoms with Crippen molar-refractivity contribution in [1.29, 1.82) is 0 Å². The summed E-state index contributed by atoms with van der Waals surface area (Å²) in [6.45, 7) is 3.00. The van der Waals surface area contributed by atoms with Crippen LogP contribution in [0.4, 0.5) is 13.2 Å². The second kappa shape index (κ2) is 9.75. The number of carboxylic acid groups (broad SMARTS) is 1. The van der Waals surface area contributed by atoms with Gasteiger partial charge in [0.1, 0.15) is 5.76 Å². The molecule has 0 spiro atoms. The molecule has 2 heterocycles. The summed E-state index contributed by atoms with van der Waals surface area (Å²) in [4.78, 5) is 11.3. The molecule has 2 aromatic rings. The van der Waals surface area contributed by atoms with E-state index in [-0.39, 0.29) is 0 Å². The number of carbonyl (C=O) groups is 1. The van der Waals surface area contributed by atoms with Gasteiger partial charge in [-0.15, -0.1) is 0 Å². The fraction of sp³-hybridized carbons (Fsp3) is 0.450. The molecule has 1 aliphatic rings. The van der Waals surface area contributed by atoms with E-state index in [2.05, 4.69) is 4.90 Å². The summed E-state index contributed by atoms with van der Waals surface area (Å²) in [7, 11) is 0. The van der Waals surface area contributed by atoms with Gasteiger partial charge in [-0.2, -0.15) is 13.2 Å². The predicted octanol–water partition coefficient (Wildman–Crippen LogP) is 3.83. The molecule has 3 rings (SSSR count). The number of aliphatic hydroxyl groups is 1. The highest BCUT2D eigenvalue weighted by molar-refractivity contribution is 5.73. The van der Waals surface area contributed by atoms with Crippen LogP contribution in [-0.4, -0.2) is 46.9 Å². The van der Waals surface area contributed by atoms with Crippen molar-refractivity contribution in [2.45, 2.75) is 37.5 Å². The molecule has 0 saturated carbocycles. The predicted molar refractivity (Wildman–Crippen MR) is 96.7 cm³/mol. The summed E-state index contributed by atoms with van der Waals surface area (Å²) in [5.41, 5.74) is 0.416. The van der Waals surface area contributed by atoms with E-state index in [0.29, 0.717) is 0 Å². The van der Waals surface area contributed by atoms with Gasteiger partial charge in [-0.25, -0.2) is 4.79 Å². The van der Waals surface area contributed by atoms with Crippen LogP contribution < -0.4 is 0 Å². The largest absolute Gasteiger partial charge is 0.490 e. The lowest BCUT2D eigenvalue weighted by atomic mass is 9.84. The summed E-state index contributed by atoms with van der Waals surface area (Å²) >= 11 is 0. The quantitative estimate of drug-likeness (QED) is 0.800. The number of likely N-dealkylation sites (tertiary alicyclic amines) is 1. The van der Waals surface area contributed by atoms with Gasteiger partial charge in [-0.1, -0.05) is 30.3 Å². The monoisotopic (exact) mass is 399 g/mol. The number of halogens is 3. The van der Waals surface area contributed by atoms with Crippen molar-refractivity contribution >= 4 is 5.97 Å². The Balaban J connectivity index is 0.000000345. The minimum absolute atomic E-state index is 0.640. The number of nitrogens with zero attached hydrogens (tertiary/aromatic N) is 1. The van der Waals surface area contributed by atoms with Crippen molar-refractivity contribution in [2.24, 2.45) is 0 Å². The SMILES string of the molecule is O=C(O)C(F)(F)F.OC1(c2ccccc2)CCN(CCCc2ccco2)CC1. The molecule has 0 aliphatic carbocycles. The van der Waals surface area contributed by atoms with Crippen LogP contribution in [0.2, 0.25) is 0 Å². The molecule has 1 aliphatic heterocycles. The van der Waals surface area contributed by atoms with E-state index in [1.54, 1.807) is 6.26 Å². The average molecular weight is 399 g/mol. The maximum Gasteiger partial charge on any atom is 0.490 e. The van der Waals surface area contributed by atoms with Gasteiger partial charge in [-0.05, 0) is 43.5 Å². The van der Waals surface area contributed by atoms with Crippen LogP contribution in [0.1, 0.15) is 30.6 Å². The Hall–Kier alpha value is -2.32. The summed E-state index contributed by atoms with van der Waals surface area (Å²) in [5.74, 6) is -1.69. The molecule has 2 N–H and O–H groups in total. The van der Waals surface area contributed by atoms with E-state index < -0.39 is 17.7 Å². The lowest BCUT2D eigenvalue weighted by Crippen LogP contribution is -2.42. The Bertz CT molecular complexity index is 709. The van der Waals surface area contributed by atoms with Gasteiger partial charge in [0.15, 0.2) is 0 Å². The topological polar surface area (TPSA) is 73.9 Å². The number of aliphatic carboxylic acids is 1. The van der Waals surface area contributed by atoms with Crippen LogP contribution in [0.15, 0.2) is 53.1 Å². The highest BCUT2D eigenvalue weighted by Gasteiger charge is 2.38. The number of piperidine rings is 1. The van der Waals surface area contributed by atoms with Crippen molar-refractivity contribution in [3.05, 3.63) is 60.1 Å². The van der Waals surface area contributed by atoms with Crippen molar-refractivity contribution in [1.82, 2.24) is 4.90 Å². The van der Waals surface area contributed by atoms with Gasteiger partial charge in [-0.3, -0.25) is 0 Å². The normalized spacial score (nSPS) is 16.9. The standard InChI is InChI=1S/C18H23NO2.C2HF3O2/c20-18(16-6-2-1-3-7-16)10-13-19(14-11-18)12-4-8-17-9-5-15-21-17;3-2(4,5)1(6)7/h1-3,5-7,9,15,20H,4,8,10-14H2;(H,6,7). The van der Waals surface area contributed by atoms with Gasteiger partial charge >= 0.3 is 12.1 Å². The maximum absolute atomic E-state index is 10.8. The van der Waals surface area contributed by atoms with Gasteiger partial charge in [0.05, 0.1) is 11.9 Å². The molecule has 1 aromatic carbocycles. The molecule has 0 atom stereocenters. The first-order valence-corrected chi connectivity index (χ1v) is 9.03. The minimum atomic E-state index is -5.08. The first-order chi connectivity index (χ1) is 13.2. The Labute approximate surface area is 161 Å². The molecular weight excluding hydrogens is 375 g/mol. The maximum atomic E-state index is 10.8. The summed E-state index contributed by atoms with van der Waals surface area (Å²) < 4.78 is 37.1. The first-order valence-electron chi connectivity index (χ1n) is 9.03. The van der Waals surface area contributed by atoms with E-state index in [1.807, 2.05) is 42.5 Å². The average Bonchev–Trinajstić information content (AvgIpc) is 3.17. The number of furan rings is 1. The van der Waals surface area contributed by atoms with Gasteiger partial charge < -0.3 is 19.5 Å². The molecule has 0 unspecified atom stereocenters.